The highest BCUT2D eigenvalue weighted by molar-refractivity contribution is 7.71. The van der Waals surface area contributed by atoms with E-state index in [2.05, 4.69) is 21.6 Å². The number of aromatic nitrogens is 3. The van der Waals surface area contributed by atoms with Crippen LogP contribution in [0.4, 0.5) is 0 Å². The number of carbonyl (C=O) groups excluding carboxylic acids is 1. The summed E-state index contributed by atoms with van der Waals surface area (Å²) in [5.41, 5.74) is 2.10. The Morgan fingerprint density at radius 3 is 2.90 bits per heavy atom. The predicted octanol–water partition coefficient (Wildman–Crippen LogP) is 3.37. The average molecular weight is 425 g/mol. The van der Waals surface area contributed by atoms with Gasteiger partial charge in [0.05, 0.1) is 13.7 Å². The van der Waals surface area contributed by atoms with Crippen LogP contribution in [0.3, 0.4) is 0 Å². The number of methoxy groups -OCH3 is 1. The number of para-hydroxylation sites is 1. The molecule has 0 radical (unpaired) electrons. The van der Waals surface area contributed by atoms with E-state index in [1.807, 2.05) is 47.0 Å². The molecule has 4 rings (SSSR count). The van der Waals surface area contributed by atoms with Gasteiger partial charge in [0.2, 0.25) is 5.91 Å². The van der Waals surface area contributed by atoms with Crippen molar-refractivity contribution in [1.82, 2.24) is 20.1 Å². The summed E-state index contributed by atoms with van der Waals surface area (Å²) in [6, 6.07) is 15.6. The van der Waals surface area contributed by atoms with Gasteiger partial charge in [0.15, 0.2) is 10.6 Å². The first kappa shape index (κ1) is 20.2. The van der Waals surface area contributed by atoms with E-state index < -0.39 is 0 Å². The predicted molar refractivity (Wildman–Crippen MR) is 116 cm³/mol. The van der Waals surface area contributed by atoms with Crippen LogP contribution in [-0.2, 0) is 17.8 Å². The quantitative estimate of drug-likeness (QED) is 0.569. The molecule has 1 aromatic heterocycles. The zero-order chi connectivity index (χ0) is 20.9. The number of ether oxygens (including phenoxy) is 2. The Labute approximate surface area is 180 Å². The Hall–Kier alpha value is -3.13. The lowest BCUT2D eigenvalue weighted by atomic mass is 9.97. The van der Waals surface area contributed by atoms with Crippen LogP contribution in [0.15, 0.2) is 48.5 Å². The first-order chi connectivity index (χ1) is 14.6. The van der Waals surface area contributed by atoms with Crippen LogP contribution < -0.4 is 14.8 Å². The van der Waals surface area contributed by atoms with Gasteiger partial charge in [0, 0.05) is 31.0 Å². The van der Waals surface area contributed by atoms with Crippen molar-refractivity contribution in [2.24, 2.45) is 5.92 Å². The van der Waals surface area contributed by atoms with E-state index in [1.54, 1.807) is 7.11 Å². The van der Waals surface area contributed by atoms with Crippen molar-refractivity contribution in [3.8, 4) is 22.9 Å². The van der Waals surface area contributed by atoms with Crippen molar-refractivity contribution in [3.05, 3.63) is 58.9 Å². The molecule has 0 spiro atoms. The molecule has 3 aromatic rings. The molecular formula is C22H24N4O3S. The molecule has 0 fully saturated rings. The van der Waals surface area contributed by atoms with Crippen LogP contribution >= 0.6 is 12.2 Å². The van der Waals surface area contributed by atoms with Crippen molar-refractivity contribution in [1.29, 1.82) is 0 Å². The maximum absolute atomic E-state index is 12.4. The Morgan fingerprint density at radius 1 is 1.30 bits per heavy atom. The van der Waals surface area contributed by atoms with E-state index in [1.165, 1.54) is 5.56 Å². The van der Waals surface area contributed by atoms with E-state index in [9.17, 15) is 4.79 Å². The van der Waals surface area contributed by atoms with Crippen LogP contribution in [0.2, 0.25) is 0 Å². The van der Waals surface area contributed by atoms with Crippen LogP contribution in [0.25, 0.3) is 11.4 Å². The van der Waals surface area contributed by atoms with Crippen molar-refractivity contribution in [2.75, 3.05) is 20.3 Å². The lowest BCUT2D eigenvalue weighted by molar-refractivity contribution is -0.121. The number of aromatic amines is 1. The number of nitrogens with one attached hydrogen (secondary N) is 2. The second kappa shape index (κ2) is 9.13. The minimum Gasteiger partial charge on any atom is -0.497 e. The molecule has 0 bridgehead atoms. The standard InChI is InChI=1S/C22H24N4O3S/c1-28-18-8-6-16(7-9-18)21-24-25-22(30)26(21)11-10-20(27)23-13-15-12-17-4-2-3-5-19(17)29-14-15/h2-9,15H,10-14H2,1H3,(H,23,27)(H,25,30). The molecule has 0 saturated carbocycles. The summed E-state index contributed by atoms with van der Waals surface area (Å²) < 4.78 is 13.3. The highest BCUT2D eigenvalue weighted by Crippen LogP contribution is 2.26. The zero-order valence-corrected chi connectivity index (χ0v) is 17.6. The van der Waals surface area contributed by atoms with Crippen LogP contribution in [0, 0.1) is 10.7 Å². The number of rotatable bonds is 7. The third-order valence-corrected chi connectivity index (χ3v) is 5.52. The molecule has 2 N–H and O–H groups in total. The largest absolute Gasteiger partial charge is 0.497 e. The number of hydrogen-bond donors (Lipinski definition) is 2. The normalized spacial score (nSPS) is 15.2. The molecule has 0 saturated heterocycles. The molecule has 7 nitrogen and oxygen atoms in total. The third-order valence-electron chi connectivity index (χ3n) is 5.21. The van der Waals surface area contributed by atoms with Gasteiger partial charge in [-0.1, -0.05) is 18.2 Å². The molecule has 2 aromatic carbocycles. The highest BCUT2D eigenvalue weighted by atomic mass is 32.1. The molecular weight excluding hydrogens is 400 g/mol. The molecule has 2 heterocycles. The Balaban J connectivity index is 1.32. The van der Waals surface area contributed by atoms with Gasteiger partial charge in [0.25, 0.3) is 0 Å². The van der Waals surface area contributed by atoms with E-state index in [0.717, 1.165) is 23.5 Å². The van der Waals surface area contributed by atoms with Crippen LogP contribution in [0.5, 0.6) is 11.5 Å². The Morgan fingerprint density at radius 2 is 2.10 bits per heavy atom. The number of nitrogens with zero attached hydrogens (tertiary/aromatic N) is 2. The molecule has 1 amide bonds. The number of carbonyl (C=O) groups is 1. The van der Waals surface area contributed by atoms with Gasteiger partial charge in [-0.05, 0) is 54.5 Å². The van der Waals surface area contributed by atoms with Gasteiger partial charge in [-0.25, -0.2) is 0 Å². The first-order valence-corrected chi connectivity index (χ1v) is 10.3. The van der Waals surface area contributed by atoms with Gasteiger partial charge in [-0.3, -0.25) is 14.5 Å². The average Bonchev–Trinajstić information content (AvgIpc) is 3.16. The molecule has 0 aliphatic carbocycles. The molecule has 1 aliphatic rings. The van der Waals surface area contributed by atoms with Crippen LogP contribution in [-0.4, -0.2) is 40.9 Å². The number of benzene rings is 2. The molecule has 30 heavy (non-hydrogen) atoms. The molecule has 1 atom stereocenters. The zero-order valence-electron chi connectivity index (χ0n) is 16.8. The SMILES string of the molecule is COc1ccc(-c2n[nH]c(=S)n2CCC(=O)NCC2COc3ccccc3C2)cc1. The lowest BCUT2D eigenvalue weighted by Gasteiger charge is -2.25. The number of hydrogen-bond acceptors (Lipinski definition) is 5. The summed E-state index contributed by atoms with van der Waals surface area (Å²) in [5, 5.41) is 10.2. The summed E-state index contributed by atoms with van der Waals surface area (Å²) in [6.45, 7) is 1.66. The summed E-state index contributed by atoms with van der Waals surface area (Å²) in [7, 11) is 1.63. The summed E-state index contributed by atoms with van der Waals surface area (Å²) in [4.78, 5) is 12.4. The molecule has 1 unspecified atom stereocenters. The van der Waals surface area contributed by atoms with Crippen molar-refractivity contribution in [2.45, 2.75) is 19.4 Å². The maximum atomic E-state index is 12.4. The number of fused-ring (bicyclic) bond motifs is 1. The smallest absolute Gasteiger partial charge is 0.221 e. The van der Waals surface area contributed by atoms with Gasteiger partial charge < -0.3 is 14.8 Å². The topological polar surface area (TPSA) is 81.2 Å². The number of H-pyrrole nitrogens is 1. The molecule has 1 aliphatic heterocycles. The Kier molecular flexibility index (Phi) is 6.13. The highest BCUT2D eigenvalue weighted by Gasteiger charge is 2.20. The Bertz CT molecular complexity index is 1070. The monoisotopic (exact) mass is 424 g/mol. The van der Waals surface area contributed by atoms with Gasteiger partial charge in [-0.15, -0.1) is 0 Å². The third kappa shape index (κ3) is 4.54. The molecule has 8 heteroatoms. The van der Waals surface area contributed by atoms with Crippen molar-refractivity contribution >= 4 is 18.1 Å². The van der Waals surface area contributed by atoms with Gasteiger partial charge >= 0.3 is 0 Å². The molecule has 156 valence electrons. The van der Waals surface area contributed by atoms with E-state index >= 15 is 0 Å². The van der Waals surface area contributed by atoms with Crippen LogP contribution in [0.1, 0.15) is 12.0 Å². The minimum absolute atomic E-state index is 0.0161. The summed E-state index contributed by atoms with van der Waals surface area (Å²) in [5.74, 6) is 2.67. The maximum Gasteiger partial charge on any atom is 0.221 e. The second-order valence-electron chi connectivity index (χ2n) is 7.28. The van der Waals surface area contributed by atoms with E-state index in [-0.39, 0.29) is 11.8 Å². The fraction of sp³-hybridized carbons (Fsp3) is 0.318. The fourth-order valence-electron chi connectivity index (χ4n) is 3.57. The fourth-order valence-corrected chi connectivity index (χ4v) is 3.79. The van der Waals surface area contributed by atoms with E-state index in [0.29, 0.717) is 36.7 Å². The summed E-state index contributed by atoms with van der Waals surface area (Å²) in [6.07, 6.45) is 1.23. The summed E-state index contributed by atoms with van der Waals surface area (Å²) >= 11 is 5.35. The van der Waals surface area contributed by atoms with Gasteiger partial charge in [0.1, 0.15) is 11.5 Å². The lowest BCUT2D eigenvalue weighted by Crippen LogP contribution is -2.35. The number of amides is 1. The van der Waals surface area contributed by atoms with E-state index in [4.69, 9.17) is 21.7 Å². The minimum atomic E-state index is -0.0161. The second-order valence-corrected chi connectivity index (χ2v) is 7.66. The van der Waals surface area contributed by atoms with Gasteiger partial charge in [-0.2, -0.15) is 5.10 Å². The van der Waals surface area contributed by atoms with Crippen molar-refractivity contribution < 1.29 is 14.3 Å². The first-order valence-electron chi connectivity index (χ1n) is 9.91. The van der Waals surface area contributed by atoms with Crippen molar-refractivity contribution in [3.63, 3.8) is 0 Å².